The Hall–Kier alpha value is -2.60. The van der Waals surface area contributed by atoms with E-state index in [2.05, 4.69) is 17.1 Å². The van der Waals surface area contributed by atoms with Crippen LogP contribution in [0.3, 0.4) is 0 Å². The van der Waals surface area contributed by atoms with Crippen molar-refractivity contribution >= 4 is 17.5 Å². The Labute approximate surface area is 163 Å². The summed E-state index contributed by atoms with van der Waals surface area (Å²) in [5.41, 5.74) is 2.82. The third kappa shape index (κ3) is 4.39. The van der Waals surface area contributed by atoms with E-state index in [1.165, 1.54) is 17.3 Å². The lowest BCUT2D eigenvalue weighted by molar-refractivity contribution is 0.0994. The Kier molecular flexibility index (Phi) is 6.29. The van der Waals surface area contributed by atoms with Crippen LogP contribution in [0.2, 0.25) is 0 Å². The molecule has 5 nitrogen and oxygen atoms in total. The van der Waals surface area contributed by atoms with Gasteiger partial charge in [-0.25, -0.2) is 0 Å². The standard InChI is InChI=1S/C21H23N3O2S/c1-4-7-16-10-12-17(13-11-16)20(25)15(2)27-21-23-22-14-24(21)18-8-5-6-9-19(18)26-3/h5-6,8-15H,4,7H2,1-3H3. The van der Waals surface area contributed by atoms with Gasteiger partial charge in [-0.3, -0.25) is 9.36 Å². The van der Waals surface area contributed by atoms with Crippen molar-refractivity contribution in [1.82, 2.24) is 14.8 Å². The van der Waals surface area contributed by atoms with Crippen molar-refractivity contribution in [3.05, 3.63) is 66.0 Å². The number of benzene rings is 2. The number of nitrogens with zero attached hydrogens (tertiary/aromatic N) is 3. The molecule has 0 saturated heterocycles. The highest BCUT2D eigenvalue weighted by Gasteiger charge is 2.20. The van der Waals surface area contributed by atoms with E-state index >= 15 is 0 Å². The molecule has 2 aromatic carbocycles. The molecule has 140 valence electrons. The van der Waals surface area contributed by atoms with E-state index in [4.69, 9.17) is 4.74 Å². The van der Waals surface area contributed by atoms with Crippen LogP contribution >= 0.6 is 11.8 Å². The fourth-order valence-corrected chi connectivity index (χ4v) is 3.78. The van der Waals surface area contributed by atoms with Crippen molar-refractivity contribution in [2.75, 3.05) is 7.11 Å². The van der Waals surface area contributed by atoms with E-state index in [9.17, 15) is 4.79 Å². The van der Waals surface area contributed by atoms with Gasteiger partial charge in [0.05, 0.1) is 18.0 Å². The van der Waals surface area contributed by atoms with E-state index in [1.807, 2.05) is 60.0 Å². The molecule has 0 bridgehead atoms. The molecule has 1 aromatic heterocycles. The molecule has 0 radical (unpaired) electrons. The summed E-state index contributed by atoms with van der Waals surface area (Å²) in [6.07, 6.45) is 3.76. The van der Waals surface area contributed by atoms with Crippen molar-refractivity contribution in [1.29, 1.82) is 0 Å². The minimum absolute atomic E-state index is 0.0811. The predicted octanol–water partition coefficient (Wildman–Crippen LogP) is 4.59. The first-order chi connectivity index (χ1) is 13.1. The number of thioether (sulfide) groups is 1. The number of para-hydroxylation sites is 2. The number of hydrogen-bond acceptors (Lipinski definition) is 5. The number of rotatable bonds is 8. The number of ketones is 1. The first-order valence-corrected chi connectivity index (χ1v) is 9.85. The molecule has 0 N–H and O–H groups in total. The highest BCUT2D eigenvalue weighted by Crippen LogP contribution is 2.29. The lowest BCUT2D eigenvalue weighted by Gasteiger charge is -2.13. The number of carbonyl (C=O) groups is 1. The monoisotopic (exact) mass is 381 g/mol. The van der Waals surface area contributed by atoms with Gasteiger partial charge in [0.15, 0.2) is 10.9 Å². The average molecular weight is 382 g/mol. The van der Waals surface area contributed by atoms with Crippen LogP contribution < -0.4 is 4.74 Å². The molecular formula is C21H23N3O2S. The lowest BCUT2D eigenvalue weighted by Crippen LogP contribution is -2.14. The number of carbonyl (C=O) groups excluding carboxylic acids is 1. The Morgan fingerprint density at radius 3 is 2.63 bits per heavy atom. The van der Waals surface area contributed by atoms with Crippen LogP contribution in [0.25, 0.3) is 5.69 Å². The van der Waals surface area contributed by atoms with E-state index in [-0.39, 0.29) is 11.0 Å². The predicted molar refractivity (Wildman–Crippen MR) is 108 cm³/mol. The van der Waals surface area contributed by atoms with E-state index in [0.29, 0.717) is 5.16 Å². The first kappa shape index (κ1) is 19.2. The van der Waals surface area contributed by atoms with Crippen LogP contribution in [0.5, 0.6) is 5.75 Å². The number of aryl methyl sites for hydroxylation is 1. The number of ether oxygens (including phenoxy) is 1. The summed E-state index contributed by atoms with van der Waals surface area (Å²) in [6.45, 7) is 4.05. The first-order valence-electron chi connectivity index (χ1n) is 8.97. The number of Topliss-reactive ketones (excluding diaryl/α,β-unsaturated/α-hetero) is 1. The van der Waals surface area contributed by atoms with Gasteiger partial charge in [-0.2, -0.15) is 0 Å². The zero-order valence-corrected chi connectivity index (χ0v) is 16.6. The van der Waals surface area contributed by atoms with Crippen LogP contribution in [0.1, 0.15) is 36.2 Å². The summed E-state index contributed by atoms with van der Waals surface area (Å²) in [7, 11) is 1.63. The van der Waals surface area contributed by atoms with E-state index in [0.717, 1.165) is 29.8 Å². The quantitative estimate of drug-likeness (QED) is 0.422. The lowest BCUT2D eigenvalue weighted by atomic mass is 10.0. The zero-order chi connectivity index (χ0) is 19.2. The second kappa shape index (κ2) is 8.86. The maximum atomic E-state index is 12.8. The Balaban J connectivity index is 1.78. The molecular weight excluding hydrogens is 358 g/mol. The van der Waals surface area contributed by atoms with Gasteiger partial charge in [0, 0.05) is 5.56 Å². The summed E-state index contributed by atoms with van der Waals surface area (Å²) < 4.78 is 7.27. The van der Waals surface area contributed by atoms with Crippen molar-refractivity contribution < 1.29 is 9.53 Å². The molecule has 27 heavy (non-hydrogen) atoms. The van der Waals surface area contributed by atoms with Crippen LogP contribution in [0.15, 0.2) is 60.0 Å². The SMILES string of the molecule is CCCc1ccc(C(=O)C(C)Sc2nncn2-c2ccccc2OC)cc1. The molecule has 3 rings (SSSR count). The van der Waals surface area contributed by atoms with Gasteiger partial charge in [-0.15, -0.1) is 10.2 Å². The second-order valence-corrected chi connectivity index (χ2v) is 7.53. The van der Waals surface area contributed by atoms with Crippen molar-refractivity contribution in [2.24, 2.45) is 0 Å². The van der Waals surface area contributed by atoms with E-state index in [1.54, 1.807) is 13.4 Å². The average Bonchev–Trinajstić information content (AvgIpc) is 3.16. The van der Waals surface area contributed by atoms with Gasteiger partial charge in [0.25, 0.3) is 0 Å². The second-order valence-electron chi connectivity index (χ2n) is 6.23. The Bertz CT molecular complexity index is 906. The summed E-state index contributed by atoms with van der Waals surface area (Å²) in [5.74, 6) is 0.808. The van der Waals surface area contributed by atoms with Crippen molar-refractivity contribution in [3.8, 4) is 11.4 Å². The Morgan fingerprint density at radius 2 is 1.93 bits per heavy atom. The summed E-state index contributed by atoms with van der Waals surface area (Å²) >= 11 is 1.39. The smallest absolute Gasteiger partial charge is 0.196 e. The largest absolute Gasteiger partial charge is 0.495 e. The fraction of sp³-hybridized carbons (Fsp3) is 0.286. The van der Waals surface area contributed by atoms with Gasteiger partial charge in [-0.05, 0) is 31.0 Å². The normalized spacial score (nSPS) is 12.0. The molecule has 1 heterocycles. The number of hydrogen-bond donors (Lipinski definition) is 0. The molecule has 1 atom stereocenters. The highest BCUT2D eigenvalue weighted by molar-refractivity contribution is 8.00. The molecule has 0 saturated carbocycles. The third-order valence-electron chi connectivity index (χ3n) is 4.29. The molecule has 0 spiro atoms. The molecule has 6 heteroatoms. The van der Waals surface area contributed by atoms with Crippen LogP contribution in [-0.2, 0) is 6.42 Å². The van der Waals surface area contributed by atoms with Crippen LogP contribution in [0.4, 0.5) is 0 Å². The minimum atomic E-state index is -0.278. The third-order valence-corrected chi connectivity index (χ3v) is 5.35. The van der Waals surface area contributed by atoms with Gasteiger partial charge < -0.3 is 4.74 Å². The maximum absolute atomic E-state index is 12.8. The molecule has 0 aliphatic carbocycles. The minimum Gasteiger partial charge on any atom is -0.495 e. The highest BCUT2D eigenvalue weighted by atomic mass is 32.2. The molecule has 0 amide bonds. The van der Waals surface area contributed by atoms with Gasteiger partial charge in [0.2, 0.25) is 0 Å². The number of aromatic nitrogens is 3. The molecule has 3 aromatic rings. The summed E-state index contributed by atoms with van der Waals surface area (Å²) in [6, 6.07) is 15.6. The van der Waals surface area contributed by atoms with Crippen molar-refractivity contribution in [2.45, 2.75) is 37.1 Å². The Morgan fingerprint density at radius 1 is 1.19 bits per heavy atom. The van der Waals surface area contributed by atoms with Gasteiger partial charge in [-0.1, -0.05) is 61.5 Å². The van der Waals surface area contributed by atoms with Crippen LogP contribution in [-0.4, -0.2) is 32.9 Å². The summed E-state index contributed by atoms with van der Waals surface area (Å²) in [5, 5.41) is 8.58. The zero-order valence-electron chi connectivity index (χ0n) is 15.8. The molecule has 0 fully saturated rings. The van der Waals surface area contributed by atoms with Gasteiger partial charge in [0.1, 0.15) is 12.1 Å². The summed E-state index contributed by atoms with van der Waals surface area (Å²) in [4.78, 5) is 12.8. The molecule has 0 aliphatic heterocycles. The fourth-order valence-electron chi connectivity index (χ4n) is 2.87. The number of methoxy groups -OCH3 is 1. The molecule has 0 aliphatic rings. The van der Waals surface area contributed by atoms with Crippen molar-refractivity contribution in [3.63, 3.8) is 0 Å². The van der Waals surface area contributed by atoms with Crippen LogP contribution in [0, 0.1) is 0 Å². The van der Waals surface area contributed by atoms with E-state index < -0.39 is 0 Å². The maximum Gasteiger partial charge on any atom is 0.196 e. The van der Waals surface area contributed by atoms with Gasteiger partial charge >= 0.3 is 0 Å². The molecule has 1 unspecified atom stereocenters. The topological polar surface area (TPSA) is 57.0 Å².